The van der Waals surface area contributed by atoms with Crippen LogP contribution >= 0.6 is 0 Å². The van der Waals surface area contributed by atoms with Crippen molar-refractivity contribution < 1.29 is 16.8 Å². The molecule has 1 aliphatic carbocycles. The molecule has 10 heteroatoms. The van der Waals surface area contributed by atoms with E-state index in [0.717, 1.165) is 31.5 Å². The van der Waals surface area contributed by atoms with E-state index >= 15 is 0 Å². The number of fused-ring (bicyclic) bond motifs is 1. The van der Waals surface area contributed by atoms with Crippen molar-refractivity contribution in [2.45, 2.75) is 43.1 Å². The molecule has 0 spiro atoms. The van der Waals surface area contributed by atoms with Gasteiger partial charge in [-0.3, -0.25) is 0 Å². The predicted octanol–water partition coefficient (Wildman–Crippen LogP) is 0.302. The third kappa shape index (κ3) is 3.52. The van der Waals surface area contributed by atoms with Gasteiger partial charge >= 0.3 is 0 Å². The molecule has 0 unspecified atom stereocenters. The van der Waals surface area contributed by atoms with Gasteiger partial charge < -0.3 is 4.90 Å². The summed E-state index contributed by atoms with van der Waals surface area (Å²) >= 11 is 0. The normalized spacial score (nSPS) is 25.7. The zero-order valence-electron chi connectivity index (χ0n) is 13.9. The monoisotopic (exact) mass is 386 g/mol. The SMILES string of the molecule is O=S1(=O)Cc2nc(C3CCCC3)nc(N3CCNS(=O)(=O)CC3)c2C1. The van der Waals surface area contributed by atoms with Gasteiger partial charge in [0.05, 0.1) is 23.0 Å². The van der Waals surface area contributed by atoms with E-state index in [1.807, 2.05) is 4.90 Å². The molecule has 1 N–H and O–H groups in total. The number of nitrogens with zero attached hydrogens (tertiary/aromatic N) is 3. The highest BCUT2D eigenvalue weighted by Gasteiger charge is 2.34. The Morgan fingerprint density at radius 1 is 1.00 bits per heavy atom. The van der Waals surface area contributed by atoms with Gasteiger partial charge in [0.1, 0.15) is 11.6 Å². The van der Waals surface area contributed by atoms with Crippen LogP contribution in [0.1, 0.15) is 48.7 Å². The van der Waals surface area contributed by atoms with E-state index in [9.17, 15) is 16.8 Å². The molecule has 0 aromatic carbocycles. The maximum absolute atomic E-state index is 12.1. The highest BCUT2D eigenvalue weighted by Crippen LogP contribution is 2.37. The summed E-state index contributed by atoms with van der Waals surface area (Å²) in [6.07, 6.45) is 4.34. The Kier molecular flexibility index (Phi) is 4.24. The lowest BCUT2D eigenvalue weighted by Gasteiger charge is -2.24. The highest BCUT2D eigenvalue weighted by molar-refractivity contribution is 7.90. The molecule has 3 aliphatic rings. The summed E-state index contributed by atoms with van der Waals surface area (Å²) in [5.74, 6) is 1.51. The third-order valence-electron chi connectivity index (χ3n) is 5.16. The summed E-state index contributed by atoms with van der Waals surface area (Å²) in [4.78, 5) is 11.2. The first-order chi connectivity index (χ1) is 11.8. The molecule has 2 aliphatic heterocycles. The van der Waals surface area contributed by atoms with Crippen molar-refractivity contribution in [3.8, 4) is 0 Å². The molecule has 4 rings (SSSR count). The van der Waals surface area contributed by atoms with Crippen LogP contribution < -0.4 is 9.62 Å². The number of sulfone groups is 1. The van der Waals surface area contributed by atoms with Crippen molar-refractivity contribution in [3.63, 3.8) is 0 Å². The van der Waals surface area contributed by atoms with Gasteiger partial charge in [0, 0.05) is 31.1 Å². The van der Waals surface area contributed by atoms with Crippen molar-refractivity contribution in [1.29, 1.82) is 0 Å². The molecule has 0 bridgehead atoms. The molecule has 25 heavy (non-hydrogen) atoms. The molecule has 1 saturated carbocycles. The largest absolute Gasteiger partial charge is 0.354 e. The van der Waals surface area contributed by atoms with E-state index in [0.29, 0.717) is 36.7 Å². The van der Waals surface area contributed by atoms with Gasteiger partial charge in [-0.15, -0.1) is 0 Å². The maximum Gasteiger partial charge on any atom is 0.213 e. The summed E-state index contributed by atoms with van der Waals surface area (Å²) in [5.41, 5.74) is 1.26. The average molecular weight is 386 g/mol. The van der Waals surface area contributed by atoms with Crippen molar-refractivity contribution in [1.82, 2.24) is 14.7 Å². The van der Waals surface area contributed by atoms with E-state index in [1.165, 1.54) is 0 Å². The smallest absolute Gasteiger partial charge is 0.213 e. The molecular weight excluding hydrogens is 364 g/mol. The topological polar surface area (TPSA) is 109 Å². The summed E-state index contributed by atoms with van der Waals surface area (Å²) in [6.45, 7) is 1.09. The van der Waals surface area contributed by atoms with Gasteiger partial charge in [-0.2, -0.15) is 0 Å². The molecule has 1 aromatic rings. The summed E-state index contributed by atoms with van der Waals surface area (Å²) in [7, 11) is -6.48. The fraction of sp³-hybridized carbons (Fsp3) is 0.733. The zero-order chi connectivity index (χ0) is 17.7. The number of anilines is 1. The number of hydrogen-bond donors (Lipinski definition) is 1. The number of hydrogen-bond acceptors (Lipinski definition) is 7. The van der Waals surface area contributed by atoms with Crippen LogP contribution in [-0.4, -0.2) is 52.2 Å². The second kappa shape index (κ2) is 6.17. The summed E-state index contributed by atoms with van der Waals surface area (Å²) < 4.78 is 50.4. The standard InChI is InChI=1S/C15H22N4O4S2/c20-24(21)9-12-13(10-24)17-14(11-3-1-2-4-11)18-15(12)19-6-5-16-25(22,23)8-7-19/h11,16H,1-10H2. The molecule has 0 atom stereocenters. The molecule has 1 saturated heterocycles. The summed E-state index contributed by atoms with van der Waals surface area (Å²) in [5, 5.41) is 0. The van der Waals surface area contributed by atoms with Gasteiger partial charge in [0.15, 0.2) is 9.84 Å². The number of nitrogens with one attached hydrogen (secondary N) is 1. The van der Waals surface area contributed by atoms with Crippen LogP contribution in [0.3, 0.4) is 0 Å². The second-order valence-electron chi connectivity index (χ2n) is 7.04. The van der Waals surface area contributed by atoms with Crippen molar-refractivity contribution in [2.24, 2.45) is 0 Å². The minimum absolute atomic E-state index is 0.0166. The Bertz CT molecular complexity index is 892. The van der Waals surface area contributed by atoms with Crippen LogP contribution in [0.2, 0.25) is 0 Å². The lowest BCUT2D eigenvalue weighted by molar-refractivity contribution is 0.586. The van der Waals surface area contributed by atoms with Crippen LogP contribution in [0.25, 0.3) is 0 Å². The first-order valence-corrected chi connectivity index (χ1v) is 12.1. The molecule has 138 valence electrons. The lowest BCUT2D eigenvalue weighted by atomic mass is 10.1. The number of rotatable bonds is 2. The Hall–Kier alpha value is -1.26. The van der Waals surface area contributed by atoms with E-state index in [1.54, 1.807) is 0 Å². The highest BCUT2D eigenvalue weighted by atomic mass is 32.2. The van der Waals surface area contributed by atoms with Gasteiger partial charge in [-0.1, -0.05) is 12.8 Å². The van der Waals surface area contributed by atoms with Crippen molar-refractivity contribution in [3.05, 3.63) is 17.1 Å². The molecule has 0 radical (unpaired) electrons. The van der Waals surface area contributed by atoms with E-state index < -0.39 is 19.9 Å². The molecule has 3 heterocycles. The Morgan fingerprint density at radius 3 is 2.52 bits per heavy atom. The van der Waals surface area contributed by atoms with Crippen LogP contribution in [0, 0.1) is 0 Å². The molecule has 2 fully saturated rings. The van der Waals surface area contributed by atoms with E-state index in [2.05, 4.69) is 9.71 Å². The minimum atomic E-state index is -3.28. The van der Waals surface area contributed by atoms with Gasteiger partial charge in [0.25, 0.3) is 0 Å². The summed E-state index contributed by atoms with van der Waals surface area (Å²) in [6, 6.07) is 0. The predicted molar refractivity (Wildman–Crippen MR) is 93.6 cm³/mol. The Labute approximate surface area is 148 Å². The van der Waals surface area contributed by atoms with E-state index in [4.69, 9.17) is 4.98 Å². The average Bonchev–Trinajstić information content (AvgIpc) is 3.11. The number of aromatic nitrogens is 2. The third-order valence-corrected chi connectivity index (χ3v) is 7.97. The molecule has 8 nitrogen and oxygen atoms in total. The van der Waals surface area contributed by atoms with E-state index in [-0.39, 0.29) is 23.2 Å². The second-order valence-corrected chi connectivity index (χ2v) is 11.0. The molecule has 1 aromatic heterocycles. The van der Waals surface area contributed by atoms with Crippen LogP contribution in [0.15, 0.2) is 0 Å². The quantitative estimate of drug-likeness (QED) is 0.778. The Balaban J connectivity index is 1.75. The first kappa shape index (κ1) is 17.2. The lowest BCUT2D eigenvalue weighted by Crippen LogP contribution is -2.31. The van der Waals surface area contributed by atoms with Crippen LogP contribution in [0.4, 0.5) is 5.82 Å². The minimum Gasteiger partial charge on any atom is -0.354 e. The first-order valence-electron chi connectivity index (χ1n) is 8.65. The van der Waals surface area contributed by atoms with Crippen molar-refractivity contribution in [2.75, 3.05) is 30.3 Å². The fourth-order valence-corrected chi connectivity index (χ4v) is 6.37. The van der Waals surface area contributed by atoms with Gasteiger partial charge in [0.2, 0.25) is 10.0 Å². The zero-order valence-corrected chi connectivity index (χ0v) is 15.6. The molecule has 0 amide bonds. The number of sulfonamides is 1. The van der Waals surface area contributed by atoms with Gasteiger partial charge in [-0.05, 0) is 12.8 Å². The van der Waals surface area contributed by atoms with Crippen molar-refractivity contribution >= 4 is 25.7 Å². The fourth-order valence-electron chi connectivity index (χ4n) is 3.87. The molecular formula is C15H22N4O4S2. The van der Waals surface area contributed by atoms with Crippen LogP contribution in [0.5, 0.6) is 0 Å². The van der Waals surface area contributed by atoms with Gasteiger partial charge in [-0.25, -0.2) is 31.5 Å². The van der Waals surface area contributed by atoms with Crippen LogP contribution in [-0.2, 0) is 31.4 Å². The Morgan fingerprint density at radius 2 is 1.76 bits per heavy atom. The maximum atomic E-state index is 12.1.